The van der Waals surface area contributed by atoms with Crippen molar-refractivity contribution in [2.45, 2.75) is 58.4 Å². The first-order valence-corrected chi connectivity index (χ1v) is 8.74. The fourth-order valence-electron chi connectivity index (χ4n) is 1.91. The van der Waals surface area contributed by atoms with E-state index in [1.165, 1.54) is 6.92 Å². The number of carboxylic acids is 1. The van der Waals surface area contributed by atoms with Gasteiger partial charge in [-0.25, -0.2) is 13.2 Å². The smallest absolute Gasteiger partial charge is 0.329 e. The summed E-state index contributed by atoms with van der Waals surface area (Å²) < 4.78 is 23.4. The molecular formula is C13H25NO5S. The van der Waals surface area contributed by atoms with E-state index in [2.05, 4.69) is 5.32 Å². The first-order valence-electron chi connectivity index (χ1n) is 6.91. The minimum absolute atomic E-state index is 0.0359. The zero-order valence-corrected chi connectivity index (χ0v) is 13.3. The van der Waals surface area contributed by atoms with Crippen molar-refractivity contribution in [2.24, 2.45) is 0 Å². The molecule has 0 rings (SSSR count). The molecular weight excluding hydrogens is 282 g/mol. The molecule has 0 aliphatic heterocycles. The summed E-state index contributed by atoms with van der Waals surface area (Å²) in [6.07, 6.45) is 3.05. The van der Waals surface area contributed by atoms with Crippen LogP contribution in [0.5, 0.6) is 0 Å². The Hall–Kier alpha value is -1.11. The fraction of sp³-hybridized carbons (Fsp3) is 0.846. The van der Waals surface area contributed by atoms with Gasteiger partial charge >= 0.3 is 5.97 Å². The minimum Gasteiger partial charge on any atom is -0.480 e. The number of carboxylic acid groups (broad SMARTS) is 1. The molecule has 0 radical (unpaired) electrons. The Morgan fingerprint density at radius 1 is 1.15 bits per heavy atom. The van der Waals surface area contributed by atoms with Gasteiger partial charge in [-0.15, -0.1) is 0 Å². The molecule has 0 heterocycles. The van der Waals surface area contributed by atoms with Crippen molar-refractivity contribution in [1.29, 1.82) is 0 Å². The van der Waals surface area contributed by atoms with E-state index in [9.17, 15) is 18.0 Å². The molecule has 0 spiro atoms. The molecule has 0 saturated heterocycles. The van der Waals surface area contributed by atoms with Crippen LogP contribution in [-0.2, 0) is 19.4 Å². The zero-order valence-electron chi connectivity index (χ0n) is 12.4. The minimum atomic E-state index is -3.47. The number of sulfone groups is 1. The number of nitrogens with one attached hydrogen (secondary N) is 1. The highest BCUT2D eigenvalue weighted by Crippen LogP contribution is 2.12. The van der Waals surface area contributed by atoms with Crippen LogP contribution in [0, 0.1) is 0 Å². The summed E-state index contributed by atoms with van der Waals surface area (Å²) in [5, 5.41) is 11.4. The molecule has 0 bridgehead atoms. The van der Waals surface area contributed by atoms with Gasteiger partial charge in [0.05, 0.1) is 5.75 Å². The average Bonchev–Trinajstić information content (AvgIpc) is 2.27. The Kier molecular flexibility index (Phi) is 7.78. The molecule has 1 amide bonds. The lowest BCUT2D eigenvalue weighted by Gasteiger charge is -2.25. The highest BCUT2D eigenvalue weighted by molar-refractivity contribution is 7.92. The molecule has 1 atom stereocenters. The van der Waals surface area contributed by atoms with Gasteiger partial charge in [0.15, 0.2) is 9.84 Å². The number of hydrogen-bond acceptors (Lipinski definition) is 4. The number of carbonyl (C=O) groups excluding carboxylic acids is 1. The van der Waals surface area contributed by atoms with E-state index in [-0.39, 0.29) is 12.2 Å². The van der Waals surface area contributed by atoms with Crippen LogP contribution < -0.4 is 5.32 Å². The van der Waals surface area contributed by atoms with Gasteiger partial charge < -0.3 is 10.4 Å². The molecule has 0 aliphatic rings. The maximum absolute atomic E-state index is 11.7. The van der Waals surface area contributed by atoms with Crippen molar-refractivity contribution in [2.75, 3.05) is 11.5 Å². The van der Waals surface area contributed by atoms with Crippen LogP contribution in [0.2, 0.25) is 0 Å². The zero-order chi connectivity index (χ0) is 15.8. The monoisotopic (exact) mass is 307 g/mol. The van der Waals surface area contributed by atoms with Gasteiger partial charge in [0.1, 0.15) is 11.3 Å². The fourth-order valence-corrected chi connectivity index (χ4v) is 3.17. The number of carbonyl (C=O) groups is 2. The SMILES string of the molecule is CCCCCS(=O)(=O)CC(=O)NC(C)(CCC)C(=O)O. The summed E-state index contributed by atoms with van der Waals surface area (Å²) >= 11 is 0. The van der Waals surface area contributed by atoms with E-state index in [1.54, 1.807) is 6.92 Å². The predicted molar refractivity (Wildman–Crippen MR) is 77.3 cm³/mol. The number of aliphatic carboxylic acids is 1. The van der Waals surface area contributed by atoms with E-state index in [0.717, 1.165) is 12.8 Å². The van der Waals surface area contributed by atoms with Crippen molar-refractivity contribution in [3.63, 3.8) is 0 Å². The van der Waals surface area contributed by atoms with Crippen molar-refractivity contribution in [3.05, 3.63) is 0 Å². The maximum Gasteiger partial charge on any atom is 0.329 e. The molecule has 7 heteroatoms. The third-order valence-electron chi connectivity index (χ3n) is 3.05. The largest absolute Gasteiger partial charge is 0.480 e. The second-order valence-corrected chi connectivity index (χ2v) is 7.42. The predicted octanol–water partition coefficient (Wildman–Crippen LogP) is 1.35. The average molecular weight is 307 g/mol. The molecule has 0 aromatic heterocycles. The first-order chi connectivity index (χ1) is 9.17. The molecule has 20 heavy (non-hydrogen) atoms. The Labute approximate surface area is 120 Å². The lowest BCUT2D eigenvalue weighted by atomic mass is 9.96. The number of rotatable bonds is 10. The highest BCUT2D eigenvalue weighted by atomic mass is 32.2. The normalized spacial score (nSPS) is 14.6. The maximum atomic E-state index is 11.7. The van der Waals surface area contributed by atoms with Gasteiger partial charge in [-0.3, -0.25) is 4.79 Å². The van der Waals surface area contributed by atoms with Gasteiger partial charge in [0, 0.05) is 0 Å². The highest BCUT2D eigenvalue weighted by Gasteiger charge is 2.34. The van der Waals surface area contributed by atoms with Crippen LogP contribution in [0.15, 0.2) is 0 Å². The molecule has 1 unspecified atom stereocenters. The Balaban J connectivity index is 4.57. The van der Waals surface area contributed by atoms with Crippen LogP contribution in [0.4, 0.5) is 0 Å². The van der Waals surface area contributed by atoms with Crippen molar-refractivity contribution in [1.82, 2.24) is 5.32 Å². The summed E-state index contributed by atoms with van der Waals surface area (Å²) in [5.74, 6) is -2.59. The quantitative estimate of drug-likeness (QED) is 0.593. The number of hydrogen-bond donors (Lipinski definition) is 2. The summed E-state index contributed by atoms with van der Waals surface area (Å²) in [7, 11) is -3.47. The third-order valence-corrected chi connectivity index (χ3v) is 4.66. The second kappa shape index (κ2) is 8.24. The van der Waals surface area contributed by atoms with E-state index in [1.807, 2.05) is 6.92 Å². The molecule has 0 aliphatic carbocycles. The van der Waals surface area contributed by atoms with Gasteiger partial charge in [-0.2, -0.15) is 0 Å². The van der Waals surface area contributed by atoms with E-state index in [0.29, 0.717) is 12.8 Å². The first kappa shape index (κ1) is 18.9. The summed E-state index contributed by atoms with van der Waals surface area (Å²) in [5.41, 5.74) is -1.41. The summed E-state index contributed by atoms with van der Waals surface area (Å²) in [6.45, 7) is 5.15. The molecule has 0 saturated carbocycles. The Morgan fingerprint density at radius 2 is 1.75 bits per heavy atom. The Bertz CT molecular complexity index is 432. The lowest BCUT2D eigenvalue weighted by molar-refractivity contribution is -0.146. The third kappa shape index (κ3) is 6.88. The van der Waals surface area contributed by atoms with E-state index < -0.39 is 33.0 Å². The molecule has 0 aromatic carbocycles. The Morgan fingerprint density at radius 3 is 2.20 bits per heavy atom. The van der Waals surface area contributed by atoms with Crippen molar-refractivity contribution >= 4 is 21.7 Å². The van der Waals surface area contributed by atoms with Gasteiger partial charge in [-0.1, -0.05) is 33.1 Å². The number of unbranched alkanes of at least 4 members (excludes halogenated alkanes) is 2. The van der Waals surface area contributed by atoms with Crippen molar-refractivity contribution < 1.29 is 23.1 Å². The standard InChI is InChI=1S/C13H25NO5S/c1-4-6-7-9-20(18,19)10-11(15)14-13(3,8-5-2)12(16)17/h4-10H2,1-3H3,(H,14,15)(H,16,17). The van der Waals surface area contributed by atoms with Gasteiger partial charge in [0.2, 0.25) is 5.91 Å². The van der Waals surface area contributed by atoms with Crippen LogP contribution in [-0.4, -0.2) is 42.4 Å². The molecule has 6 nitrogen and oxygen atoms in total. The number of amides is 1. The summed E-state index contributed by atoms with van der Waals surface area (Å²) in [6, 6.07) is 0. The molecule has 118 valence electrons. The molecule has 0 aromatic rings. The topological polar surface area (TPSA) is 101 Å². The van der Waals surface area contributed by atoms with Gasteiger partial charge in [0.25, 0.3) is 0 Å². The molecule has 0 fully saturated rings. The van der Waals surface area contributed by atoms with Crippen LogP contribution in [0.3, 0.4) is 0 Å². The summed E-state index contributed by atoms with van der Waals surface area (Å²) in [4.78, 5) is 22.9. The molecule has 2 N–H and O–H groups in total. The van der Waals surface area contributed by atoms with Crippen LogP contribution >= 0.6 is 0 Å². The van der Waals surface area contributed by atoms with E-state index >= 15 is 0 Å². The van der Waals surface area contributed by atoms with E-state index in [4.69, 9.17) is 5.11 Å². The van der Waals surface area contributed by atoms with Crippen molar-refractivity contribution in [3.8, 4) is 0 Å². The van der Waals surface area contributed by atoms with Crippen LogP contribution in [0.25, 0.3) is 0 Å². The lowest BCUT2D eigenvalue weighted by Crippen LogP contribution is -2.53. The van der Waals surface area contributed by atoms with Gasteiger partial charge in [-0.05, 0) is 19.8 Å². The van der Waals surface area contributed by atoms with Crippen LogP contribution in [0.1, 0.15) is 52.9 Å². The second-order valence-electron chi connectivity index (χ2n) is 5.23.